The number of hydrogen-bond donors (Lipinski definition) is 1. The van der Waals surface area contributed by atoms with E-state index in [-0.39, 0.29) is 11.6 Å². The fourth-order valence-corrected chi connectivity index (χ4v) is 1.98. The van der Waals surface area contributed by atoms with Gasteiger partial charge in [0, 0.05) is 11.6 Å². The molecule has 0 spiro atoms. The summed E-state index contributed by atoms with van der Waals surface area (Å²) in [7, 11) is 1.52. The lowest BCUT2D eigenvalue weighted by Crippen LogP contribution is -2.14. The van der Waals surface area contributed by atoms with Gasteiger partial charge in [-0.3, -0.25) is 0 Å². The highest BCUT2D eigenvalue weighted by Crippen LogP contribution is 2.26. The molecule has 100 valence electrons. The maximum Gasteiger partial charge on any atom is 0.123 e. The molecule has 0 aliphatic rings. The van der Waals surface area contributed by atoms with Gasteiger partial charge in [0.15, 0.2) is 0 Å². The Hall–Kier alpha value is -1.94. The summed E-state index contributed by atoms with van der Waals surface area (Å²) in [4.78, 5) is 0. The van der Waals surface area contributed by atoms with Crippen molar-refractivity contribution in [3.8, 4) is 5.75 Å². The van der Waals surface area contributed by atoms with E-state index in [0.29, 0.717) is 17.7 Å². The van der Waals surface area contributed by atoms with Crippen molar-refractivity contribution in [2.24, 2.45) is 5.73 Å². The van der Waals surface area contributed by atoms with Gasteiger partial charge in [-0.05, 0) is 42.3 Å². The summed E-state index contributed by atoms with van der Waals surface area (Å²) in [6.45, 7) is 0. The van der Waals surface area contributed by atoms with Crippen LogP contribution in [0.2, 0.25) is 0 Å². The van der Waals surface area contributed by atoms with Crippen molar-refractivity contribution < 1.29 is 13.5 Å². The van der Waals surface area contributed by atoms with E-state index in [4.69, 9.17) is 10.5 Å². The van der Waals surface area contributed by atoms with E-state index in [2.05, 4.69) is 0 Å². The molecule has 0 saturated carbocycles. The maximum absolute atomic E-state index is 13.3. The Kier molecular flexibility index (Phi) is 4.12. The topological polar surface area (TPSA) is 35.2 Å². The van der Waals surface area contributed by atoms with E-state index in [9.17, 15) is 8.78 Å². The first-order valence-electron chi connectivity index (χ1n) is 5.93. The molecule has 1 atom stereocenters. The summed E-state index contributed by atoms with van der Waals surface area (Å²) in [5, 5.41) is 0. The number of benzene rings is 2. The van der Waals surface area contributed by atoms with Crippen LogP contribution in [-0.2, 0) is 6.42 Å². The van der Waals surface area contributed by atoms with Crippen LogP contribution in [0.1, 0.15) is 17.2 Å². The first-order valence-corrected chi connectivity index (χ1v) is 5.93. The van der Waals surface area contributed by atoms with Crippen molar-refractivity contribution in [3.63, 3.8) is 0 Å². The number of halogens is 2. The Labute approximate surface area is 110 Å². The third-order valence-electron chi connectivity index (χ3n) is 2.96. The first-order chi connectivity index (χ1) is 9.10. The van der Waals surface area contributed by atoms with E-state index in [1.165, 1.54) is 31.4 Å². The second kappa shape index (κ2) is 5.80. The highest BCUT2D eigenvalue weighted by Gasteiger charge is 2.13. The van der Waals surface area contributed by atoms with Gasteiger partial charge in [0.2, 0.25) is 0 Å². The number of hydrogen-bond acceptors (Lipinski definition) is 2. The second-order valence-electron chi connectivity index (χ2n) is 4.32. The zero-order chi connectivity index (χ0) is 13.8. The predicted octanol–water partition coefficient (Wildman–Crippen LogP) is 3.22. The molecule has 4 heteroatoms. The average Bonchev–Trinajstić information content (AvgIpc) is 2.41. The number of methoxy groups -OCH3 is 1. The number of ether oxygens (including phenoxy) is 1. The molecule has 19 heavy (non-hydrogen) atoms. The van der Waals surface area contributed by atoms with E-state index >= 15 is 0 Å². The summed E-state index contributed by atoms with van der Waals surface area (Å²) >= 11 is 0. The zero-order valence-corrected chi connectivity index (χ0v) is 10.6. The molecule has 2 aromatic carbocycles. The van der Waals surface area contributed by atoms with Crippen LogP contribution in [0.25, 0.3) is 0 Å². The second-order valence-corrected chi connectivity index (χ2v) is 4.32. The summed E-state index contributed by atoms with van der Waals surface area (Å²) in [5.74, 6) is -0.0953. The van der Waals surface area contributed by atoms with Crippen LogP contribution in [0.3, 0.4) is 0 Å². The van der Waals surface area contributed by atoms with Crippen LogP contribution < -0.4 is 10.5 Å². The fraction of sp³-hybridized carbons (Fsp3) is 0.200. The van der Waals surface area contributed by atoms with Crippen LogP contribution in [-0.4, -0.2) is 7.11 Å². The third-order valence-corrected chi connectivity index (χ3v) is 2.96. The van der Waals surface area contributed by atoms with Gasteiger partial charge in [0.25, 0.3) is 0 Å². The van der Waals surface area contributed by atoms with Gasteiger partial charge < -0.3 is 10.5 Å². The molecule has 0 fully saturated rings. The smallest absolute Gasteiger partial charge is 0.123 e. The zero-order valence-electron chi connectivity index (χ0n) is 10.6. The van der Waals surface area contributed by atoms with E-state index in [1.54, 1.807) is 18.2 Å². The molecule has 0 radical (unpaired) electrons. The minimum Gasteiger partial charge on any atom is -0.496 e. The van der Waals surface area contributed by atoms with Crippen molar-refractivity contribution in [1.29, 1.82) is 0 Å². The molecular weight excluding hydrogens is 248 g/mol. The minimum atomic E-state index is -0.406. The predicted molar refractivity (Wildman–Crippen MR) is 70.0 cm³/mol. The van der Waals surface area contributed by atoms with Crippen molar-refractivity contribution in [1.82, 2.24) is 0 Å². The van der Waals surface area contributed by atoms with E-state index < -0.39 is 6.04 Å². The minimum absolute atomic E-state index is 0.291. The van der Waals surface area contributed by atoms with Crippen molar-refractivity contribution in [2.75, 3.05) is 7.11 Å². The Morgan fingerprint density at radius 3 is 2.32 bits per heavy atom. The summed E-state index contributed by atoms with van der Waals surface area (Å²) < 4.78 is 31.3. The first kappa shape index (κ1) is 13.5. The molecule has 0 bridgehead atoms. The maximum atomic E-state index is 13.3. The van der Waals surface area contributed by atoms with Crippen LogP contribution >= 0.6 is 0 Å². The molecule has 0 heterocycles. The molecule has 0 aliphatic carbocycles. The third kappa shape index (κ3) is 3.29. The lowest BCUT2D eigenvalue weighted by Gasteiger charge is -2.16. The lowest BCUT2D eigenvalue weighted by atomic mass is 9.99. The Balaban J connectivity index is 2.21. The molecule has 0 aromatic heterocycles. The summed E-state index contributed by atoms with van der Waals surface area (Å²) in [5.41, 5.74) is 7.56. The van der Waals surface area contributed by atoms with Gasteiger partial charge in [0.1, 0.15) is 17.4 Å². The molecule has 1 unspecified atom stereocenters. The number of nitrogens with two attached hydrogens (primary N) is 1. The molecule has 2 nitrogen and oxygen atoms in total. The molecule has 2 aromatic rings. The van der Waals surface area contributed by atoms with Crippen LogP contribution in [0.4, 0.5) is 8.78 Å². The van der Waals surface area contributed by atoms with Crippen molar-refractivity contribution in [2.45, 2.75) is 12.5 Å². The van der Waals surface area contributed by atoms with Gasteiger partial charge >= 0.3 is 0 Å². The molecule has 2 rings (SSSR count). The Morgan fingerprint density at radius 2 is 1.68 bits per heavy atom. The molecule has 0 aliphatic heterocycles. The lowest BCUT2D eigenvalue weighted by molar-refractivity contribution is 0.404. The highest BCUT2D eigenvalue weighted by atomic mass is 19.1. The van der Waals surface area contributed by atoms with E-state index in [0.717, 1.165) is 5.56 Å². The number of rotatable bonds is 4. The molecule has 0 saturated heterocycles. The monoisotopic (exact) mass is 263 g/mol. The standard InChI is InChI=1S/C15H15F2NO/c1-19-15-7-6-12(17)9-13(15)14(18)8-10-2-4-11(16)5-3-10/h2-7,9,14H,8,18H2,1H3. The van der Waals surface area contributed by atoms with Crippen LogP contribution in [0.15, 0.2) is 42.5 Å². The Morgan fingerprint density at radius 1 is 1.05 bits per heavy atom. The van der Waals surface area contributed by atoms with Crippen LogP contribution in [0, 0.1) is 11.6 Å². The fourth-order valence-electron chi connectivity index (χ4n) is 1.98. The van der Waals surface area contributed by atoms with Gasteiger partial charge in [-0.1, -0.05) is 12.1 Å². The van der Waals surface area contributed by atoms with Gasteiger partial charge in [-0.15, -0.1) is 0 Å². The van der Waals surface area contributed by atoms with Crippen molar-refractivity contribution >= 4 is 0 Å². The SMILES string of the molecule is COc1ccc(F)cc1C(N)Cc1ccc(F)cc1. The molecular formula is C15H15F2NO. The van der Waals surface area contributed by atoms with Gasteiger partial charge in [-0.2, -0.15) is 0 Å². The molecule has 0 amide bonds. The van der Waals surface area contributed by atoms with Gasteiger partial charge in [0.05, 0.1) is 7.11 Å². The molecule has 2 N–H and O–H groups in total. The van der Waals surface area contributed by atoms with E-state index in [1.807, 2.05) is 0 Å². The summed E-state index contributed by atoms with van der Waals surface area (Å²) in [6, 6.07) is 9.93. The summed E-state index contributed by atoms with van der Waals surface area (Å²) in [6.07, 6.45) is 0.486. The quantitative estimate of drug-likeness (QED) is 0.919. The Bertz CT molecular complexity index is 555. The normalized spacial score (nSPS) is 12.2. The van der Waals surface area contributed by atoms with Crippen molar-refractivity contribution in [3.05, 3.63) is 65.2 Å². The average molecular weight is 263 g/mol. The highest BCUT2D eigenvalue weighted by molar-refractivity contribution is 5.37. The van der Waals surface area contributed by atoms with Crippen LogP contribution in [0.5, 0.6) is 5.75 Å². The van der Waals surface area contributed by atoms with Gasteiger partial charge in [-0.25, -0.2) is 8.78 Å². The largest absolute Gasteiger partial charge is 0.496 e.